The number of nitrogen functional groups attached to an aromatic ring is 1. The maximum atomic E-state index is 6.04. The number of furan rings is 1. The predicted molar refractivity (Wildman–Crippen MR) is 87.3 cm³/mol. The smallest absolute Gasteiger partial charge is 0.227 e. The molecule has 3 aromatic rings. The molecule has 126 valence electrons. The van der Waals surface area contributed by atoms with Gasteiger partial charge in [0.25, 0.3) is 0 Å². The van der Waals surface area contributed by atoms with Crippen LogP contribution in [0, 0.1) is 0 Å². The Morgan fingerprint density at radius 2 is 1.75 bits per heavy atom. The molecular weight excluding hydrogens is 312 g/mol. The third-order valence-corrected chi connectivity index (χ3v) is 3.48. The lowest BCUT2D eigenvalue weighted by Crippen LogP contribution is -2.06. The van der Waals surface area contributed by atoms with Crippen LogP contribution in [0.2, 0.25) is 0 Å². The van der Waals surface area contributed by atoms with Crippen molar-refractivity contribution in [2.75, 3.05) is 27.1 Å². The fourth-order valence-corrected chi connectivity index (χ4v) is 2.45. The Bertz CT molecular complexity index is 818. The normalized spacial score (nSPS) is 10.8. The number of para-hydroxylation sites is 1. The third-order valence-electron chi connectivity index (χ3n) is 3.48. The Labute approximate surface area is 138 Å². The number of rotatable bonds is 6. The molecule has 24 heavy (non-hydrogen) atoms. The van der Waals surface area contributed by atoms with Gasteiger partial charge in [0.2, 0.25) is 11.8 Å². The molecule has 0 aliphatic rings. The number of aromatic nitrogens is 3. The highest BCUT2D eigenvalue weighted by atomic mass is 16.5. The maximum absolute atomic E-state index is 6.04. The molecule has 0 aliphatic carbocycles. The summed E-state index contributed by atoms with van der Waals surface area (Å²) in [5.41, 5.74) is 6.64. The first kappa shape index (κ1) is 15.9. The van der Waals surface area contributed by atoms with Crippen LogP contribution >= 0.6 is 0 Å². The second kappa shape index (κ2) is 6.63. The minimum Gasteiger partial charge on any atom is -0.494 e. The van der Waals surface area contributed by atoms with Crippen LogP contribution in [0.4, 0.5) is 5.95 Å². The van der Waals surface area contributed by atoms with Crippen LogP contribution in [0.25, 0.3) is 17.3 Å². The van der Waals surface area contributed by atoms with Gasteiger partial charge >= 0.3 is 0 Å². The van der Waals surface area contributed by atoms with Gasteiger partial charge in [0.1, 0.15) is 29.6 Å². The number of nitrogens with zero attached hydrogens (tertiary/aromatic N) is 3. The lowest BCUT2D eigenvalue weighted by Gasteiger charge is -2.15. The van der Waals surface area contributed by atoms with E-state index in [-0.39, 0.29) is 5.95 Å². The highest BCUT2D eigenvalue weighted by Crippen LogP contribution is 2.37. The average Bonchev–Trinajstić information content (AvgIpc) is 3.20. The number of nitrogens with two attached hydrogens (primary N) is 1. The summed E-state index contributed by atoms with van der Waals surface area (Å²) >= 11 is 0. The van der Waals surface area contributed by atoms with E-state index in [1.807, 2.05) is 12.1 Å². The SMILES string of the molecule is COCc1ccc(-c2nnc(N)n2-c2c(OC)cccc2OC)o1. The van der Waals surface area contributed by atoms with Crippen molar-refractivity contribution in [2.45, 2.75) is 6.61 Å². The van der Waals surface area contributed by atoms with Gasteiger partial charge in [-0.05, 0) is 24.3 Å². The van der Waals surface area contributed by atoms with E-state index in [1.54, 1.807) is 44.1 Å². The molecule has 8 heteroatoms. The summed E-state index contributed by atoms with van der Waals surface area (Å²) in [5, 5.41) is 8.09. The second-order valence-electron chi connectivity index (χ2n) is 4.93. The van der Waals surface area contributed by atoms with Crippen molar-refractivity contribution < 1.29 is 18.6 Å². The van der Waals surface area contributed by atoms with E-state index in [9.17, 15) is 0 Å². The van der Waals surface area contributed by atoms with Crippen LogP contribution in [-0.2, 0) is 11.3 Å². The van der Waals surface area contributed by atoms with Crippen LogP contribution in [0.15, 0.2) is 34.7 Å². The van der Waals surface area contributed by atoms with E-state index >= 15 is 0 Å². The van der Waals surface area contributed by atoms with Crippen molar-refractivity contribution in [3.8, 4) is 28.8 Å². The first-order valence-electron chi connectivity index (χ1n) is 7.19. The van der Waals surface area contributed by atoms with Crippen molar-refractivity contribution in [1.29, 1.82) is 0 Å². The Morgan fingerprint density at radius 1 is 1.04 bits per heavy atom. The van der Waals surface area contributed by atoms with E-state index in [2.05, 4.69) is 10.2 Å². The topological polar surface area (TPSA) is 97.6 Å². The fraction of sp³-hybridized carbons (Fsp3) is 0.250. The minimum atomic E-state index is 0.192. The molecule has 0 unspecified atom stereocenters. The summed E-state index contributed by atoms with van der Waals surface area (Å²) in [6, 6.07) is 9.04. The lowest BCUT2D eigenvalue weighted by atomic mass is 10.2. The lowest BCUT2D eigenvalue weighted by molar-refractivity contribution is 0.165. The van der Waals surface area contributed by atoms with Crippen molar-refractivity contribution in [2.24, 2.45) is 0 Å². The van der Waals surface area contributed by atoms with Crippen LogP contribution in [0.3, 0.4) is 0 Å². The van der Waals surface area contributed by atoms with E-state index in [1.165, 1.54) is 0 Å². The number of hydrogen-bond acceptors (Lipinski definition) is 7. The van der Waals surface area contributed by atoms with Gasteiger partial charge in [-0.2, -0.15) is 0 Å². The summed E-state index contributed by atoms with van der Waals surface area (Å²) in [6.07, 6.45) is 0. The van der Waals surface area contributed by atoms with Gasteiger partial charge < -0.3 is 24.4 Å². The molecule has 0 amide bonds. The molecule has 1 aromatic carbocycles. The second-order valence-corrected chi connectivity index (χ2v) is 4.93. The van der Waals surface area contributed by atoms with E-state index in [4.69, 9.17) is 24.4 Å². The van der Waals surface area contributed by atoms with Crippen LogP contribution < -0.4 is 15.2 Å². The summed E-state index contributed by atoms with van der Waals surface area (Å²) in [4.78, 5) is 0. The third kappa shape index (κ3) is 2.67. The number of anilines is 1. The van der Waals surface area contributed by atoms with Crippen molar-refractivity contribution in [3.05, 3.63) is 36.1 Å². The van der Waals surface area contributed by atoms with Crippen LogP contribution in [0.5, 0.6) is 11.5 Å². The van der Waals surface area contributed by atoms with Gasteiger partial charge in [0.05, 0.1) is 14.2 Å². The Hall–Kier alpha value is -3.00. The fourth-order valence-electron chi connectivity index (χ4n) is 2.45. The summed E-state index contributed by atoms with van der Waals surface area (Å²) in [5.74, 6) is 2.97. The molecule has 0 radical (unpaired) electrons. The van der Waals surface area contributed by atoms with Crippen molar-refractivity contribution in [3.63, 3.8) is 0 Å². The number of hydrogen-bond donors (Lipinski definition) is 1. The quantitative estimate of drug-likeness (QED) is 0.740. The minimum absolute atomic E-state index is 0.192. The van der Waals surface area contributed by atoms with E-state index < -0.39 is 0 Å². The molecule has 0 saturated heterocycles. The zero-order valence-electron chi connectivity index (χ0n) is 13.6. The highest BCUT2D eigenvalue weighted by molar-refractivity contribution is 5.65. The van der Waals surface area contributed by atoms with E-state index in [0.29, 0.717) is 41.1 Å². The molecule has 2 N–H and O–H groups in total. The molecule has 0 aliphatic heterocycles. The number of ether oxygens (including phenoxy) is 3. The summed E-state index contributed by atoms with van der Waals surface area (Å²) < 4.78 is 23.3. The van der Waals surface area contributed by atoms with Crippen LogP contribution in [-0.4, -0.2) is 36.1 Å². The number of benzene rings is 1. The highest BCUT2D eigenvalue weighted by Gasteiger charge is 2.22. The van der Waals surface area contributed by atoms with Gasteiger partial charge in [0.15, 0.2) is 5.76 Å². The molecular formula is C16H18N4O4. The molecule has 0 spiro atoms. The van der Waals surface area contributed by atoms with Crippen molar-refractivity contribution >= 4 is 5.95 Å². The molecule has 2 aromatic heterocycles. The van der Waals surface area contributed by atoms with Gasteiger partial charge in [-0.25, -0.2) is 0 Å². The van der Waals surface area contributed by atoms with Crippen molar-refractivity contribution in [1.82, 2.24) is 14.8 Å². The maximum Gasteiger partial charge on any atom is 0.227 e. The molecule has 0 bridgehead atoms. The molecule has 2 heterocycles. The molecule has 3 rings (SSSR count). The summed E-state index contributed by atoms with van der Waals surface area (Å²) in [7, 11) is 4.74. The van der Waals surface area contributed by atoms with E-state index in [0.717, 1.165) is 0 Å². The predicted octanol–water partition coefficient (Wildman–Crippen LogP) is 2.27. The Kier molecular flexibility index (Phi) is 4.39. The molecule has 0 fully saturated rings. The van der Waals surface area contributed by atoms with Crippen LogP contribution in [0.1, 0.15) is 5.76 Å². The standard InChI is InChI=1S/C16H18N4O4/c1-21-9-10-7-8-13(24-10)15-18-19-16(17)20(15)14-11(22-2)5-4-6-12(14)23-3/h4-8H,9H2,1-3H3,(H2,17,19). The number of methoxy groups -OCH3 is 3. The first-order chi connectivity index (χ1) is 11.7. The monoisotopic (exact) mass is 330 g/mol. The van der Waals surface area contributed by atoms with Gasteiger partial charge in [-0.15, -0.1) is 10.2 Å². The molecule has 8 nitrogen and oxygen atoms in total. The van der Waals surface area contributed by atoms with Gasteiger partial charge in [0, 0.05) is 7.11 Å². The Morgan fingerprint density at radius 3 is 2.38 bits per heavy atom. The zero-order chi connectivity index (χ0) is 17.1. The average molecular weight is 330 g/mol. The zero-order valence-corrected chi connectivity index (χ0v) is 13.6. The summed E-state index contributed by atoms with van der Waals surface area (Å²) in [6.45, 7) is 0.363. The largest absolute Gasteiger partial charge is 0.494 e. The molecule has 0 saturated carbocycles. The molecule has 0 atom stereocenters. The van der Waals surface area contributed by atoms with Gasteiger partial charge in [-0.3, -0.25) is 4.57 Å². The first-order valence-corrected chi connectivity index (χ1v) is 7.19. The van der Waals surface area contributed by atoms with Gasteiger partial charge in [-0.1, -0.05) is 6.07 Å². The Balaban J connectivity index is 2.18.